The lowest BCUT2D eigenvalue weighted by molar-refractivity contribution is -0.142. The third-order valence-corrected chi connectivity index (χ3v) is 3.81. The van der Waals surface area contributed by atoms with Crippen LogP contribution in [0.4, 0.5) is 0 Å². The van der Waals surface area contributed by atoms with Crippen molar-refractivity contribution >= 4 is 5.97 Å². The predicted octanol–water partition coefficient (Wildman–Crippen LogP) is 4.06. The number of benzene rings is 1. The Morgan fingerprint density at radius 3 is 2.41 bits per heavy atom. The van der Waals surface area contributed by atoms with Crippen LogP contribution in [0.5, 0.6) is 11.5 Å². The number of fused-ring (bicyclic) bond motifs is 1. The summed E-state index contributed by atoms with van der Waals surface area (Å²) < 4.78 is 17.0. The molecule has 0 amide bonds. The number of ether oxygens (including phenoxy) is 3. The van der Waals surface area contributed by atoms with Crippen LogP contribution in [-0.4, -0.2) is 12.1 Å². The molecule has 2 heterocycles. The van der Waals surface area contributed by atoms with Crippen molar-refractivity contribution in [3.05, 3.63) is 35.8 Å². The van der Waals surface area contributed by atoms with E-state index < -0.39 is 5.97 Å². The summed E-state index contributed by atoms with van der Waals surface area (Å²) in [6, 6.07) is 7.33. The second kappa shape index (κ2) is 5.34. The number of rotatable bonds is 3. The molecule has 0 aliphatic carbocycles. The van der Waals surface area contributed by atoms with Crippen LogP contribution in [0.3, 0.4) is 0 Å². The van der Waals surface area contributed by atoms with E-state index in [1.807, 2.05) is 18.2 Å². The molecule has 0 bridgehead atoms. The Bertz CT molecular complexity index is 624. The zero-order valence-corrected chi connectivity index (χ0v) is 13.5. The summed E-state index contributed by atoms with van der Waals surface area (Å²) in [5.74, 6) is 1.90. The van der Waals surface area contributed by atoms with Crippen molar-refractivity contribution in [2.75, 3.05) is 0 Å². The predicted molar refractivity (Wildman–Crippen MR) is 82.5 cm³/mol. The molecule has 0 fully saturated rings. The molecule has 4 nitrogen and oxygen atoms in total. The Morgan fingerprint density at radius 1 is 1.14 bits per heavy atom. The van der Waals surface area contributed by atoms with E-state index in [0.717, 1.165) is 12.8 Å². The first-order valence-corrected chi connectivity index (χ1v) is 7.73. The molecule has 0 saturated carbocycles. The molecule has 0 saturated heterocycles. The monoisotopic (exact) mass is 302 g/mol. The number of hydrogen-bond acceptors (Lipinski definition) is 4. The van der Waals surface area contributed by atoms with Crippen molar-refractivity contribution in [2.45, 2.75) is 46.6 Å². The number of carbonyl (C=O) groups excluding carboxylic acids is 1. The summed E-state index contributed by atoms with van der Waals surface area (Å²) in [5.41, 5.74) is 0.246. The summed E-state index contributed by atoms with van der Waals surface area (Å²) in [4.78, 5) is 12.0. The van der Waals surface area contributed by atoms with Crippen LogP contribution in [0.1, 0.15) is 40.5 Å². The number of hydrogen-bond donors (Lipinski definition) is 0. The van der Waals surface area contributed by atoms with Gasteiger partial charge in [0, 0.05) is 0 Å². The molecular formula is C18H22O4. The molecule has 2 aliphatic rings. The van der Waals surface area contributed by atoms with E-state index in [-0.39, 0.29) is 17.3 Å². The van der Waals surface area contributed by atoms with Crippen LogP contribution < -0.4 is 9.47 Å². The maximum absolute atomic E-state index is 12.0. The summed E-state index contributed by atoms with van der Waals surface area (Å²) in [6.45, 7) is 8.82. The van der Waals surface area contributed by atoms with Crippen molar-refractivity contribution in [1.82, 2.24) is 0 Å². The summed E-state index contributed by atoms with van der Waals surface area (Å²) >= 11 is 0. The largest absolute Gasteiger partial charge is 0.450 e. The molecule has 3 rings (SSSR count). The zero-order valence-electron chi connectivity index (χ0n) is 13.5. The third kappa shape index (κ3) is 2.96. The summed E-state index contributed by atoms with van der Waals surface area (Å²) in [5, 5.41) is 0. The lowest BCUT2D eigenvalue weighted by atomic mass is 9.83. The van der Waals surface area contributed by atoms with E-state index in [0.29, 0.717) is 23.2 Å². The van der Waals surface area contributed by atoms with Gasteiger partial charge in [-0.2, -0.15) is 0 Å². The van der Waals surface area contributed by atoms with Gasteiger partial charge >= 0.3 is 5.97 Å². The molecule has 4 heteroatoms. The first kappa shape index (κ1) is 14.9. The van der Waals surface area contributed by atoms with Crippen LogP contribution in [0.25, 0.3) is 0 Å². The molecule has 0 spiro atoms. The van der Waals surface area contributed by atoms with E-state index >= 15 is 0 Å². The topological polar surface area (TPSA) is 44.8 Å². The highest BCUT2D eigenvalue weighted by Crippen LogP contribution is 2.41. The van der Waals surface area contributed by atoms with Gasteiger partial charge < -0.3 is 14.2 Å². The highest BCUT2D eigenvalue weighted by molar-refractivity contribution is 5.90. The van der Waals surface area contributed by atoms with Gasteiger partial charge in [-0.1, -0.05) is 39.8 Å². The molecule has 0 N–H and O–H groups in total. The zero-order chi connectivity index (χ0) is 15.9. The van der Waals surface area contributed by atoms with Crippen molar-refractivity contribution in [2.24, 2.45) is 11.3 Å². The highest BCUT2D eigenvalue weighted by atomic mass is 16.6. The Labute approximate surface area is 131 Å². The average Bonchev–Trinajstić information content (AvgIpc) is 2.70. The molecule has 2 unspecified atom stereocenters. The van der Waals surface area contributed by atoms with Gasteiger partial charge in [0.15, 0.2) is 23.4 Å². The fraction of sp³-hybridized carbons (Fsp3) is 0.500. The van der Waals surface area contributed by atoms with Gasteiger partial charge in [-0.05, 0) is 36.3 Å². The SMILES string of the molecule is CC(CC1OC(=O)C2=C1Oc1ccccc1O2)CC(C)(C)C. The maximum Gasteiger partial charge on any atom is 0.378 e. The van der Waals surface area contributed by atoms with Crippen molar-refractivity contribution in [3.63, 3.8) is 0 Å². The standard InChI is InChI=1S/C18H22O4/c1-11(10-18(2,3)4)9-14-15-16(17(19)22-14)21-13-8-6-5-7-12(13)20-15/h5-8,11,14H,9-10H2,1-4H3. The molecule has 2 atom stereocenters. The minimum absolute atomic E-state index is 0.201. The number of para-hydroxylation sites is 2. The van der Waals surface area contributed by atoms with Gasteiger partial charge in [0.25, 0.3) is 5.76 Å². The smallest absolute Gasteiger partial charge is 0.378 e. The van der Waals surface area contributed by atoms with Crippen molar-refractivity contribution < 1.29 is 19.0 Å². The lowest BCUT2D eigenvalue weighted by Crippen LogP contribution is -2.22. The second-order valence-corrected chi connectivity index (χ2v) is 7.34. The molecule has 22 heavy (non-hydrogen) atoms. The van der Waals surface area contributed by atoms with Crippen molar-refractivity contribution in [1.29, 1.82) is 0 Å². The van der Waals surface area contributed by atoms with Crippen LogP contribution in [-0.2, 0) is 9.53 Å². The van der Waals surface area contributed by atoms with E-state index in [9.17, 15) is 4.79 Å². The van der Waals surface area contributed by atoms with Gasteiger partial charge in [0.1, 0.15) is 0 Å². The summed E-state index contributed by atoms with van der Waals surface area (Å²) in [6.07, 6.45) is 1.45. The molecule has 2 aliphatic heterocycles. The second-order valence-electron chi connectivity index (χ2n) is 7.34. The van der Waals surface area contributed by atoms with Crippen LogP contribution in [0, 0.1) is 11.3 Å². The van der Waals surface area contributed by atoms with E-state index in [1.165, 1.54) is 0 Å². The molecule has 0 radical (unpaired) electrons. The number of carbonyl (C=O) groups is 1. The van der Waals surface area contributed by atoms with Gasteiger partial charge in [-0.3, -0.25) is 0 Å². The number of cyclic esters (lactones) is 1. The number of esters is 1. The van der Waals surface area contributed by atoms with Crippen LogP contribution >= 0.6 is 0 Å². The van der Waals surface area contributed by atoms with E-state index in [1.54, 1.807) is 6.07 Å². The molecule has 1 aromatic carbocycles. The van der Waals surface area contributed by atoms with Crippen LogP contribution in [0.2, 0.25) is 0 Å². The first-order chi connectivity index (χ1) is 10.3. The first-order valence-electron chi connectivity index (χ1n) is 7.73. The summed E-state index contributed by atoms with van der Waals surface area (Å²) in [7, 11) is 0. The molecule has 0 aromatic heterocycles. The quantitative estimate of drug-likeness (QED) is 0.790. The minimum atomic E-state index is -0.433. The molecular weight excluding hydrogens is 280 g/mol. The van der Waals surface area contributed by atoms with Crippen molar-refractivity contribution in [3.8, 4) is 11.5 Å². The van der Waals surface area contributed by atoms with Gasteiger partial charge in [-0.15, -0.1) is 0 Å². The minimum Gasteiger partial charge on any atom is -0.450 e. The van der Waals surface area contributed by atoms with Gasteiger partial charge in [-0.25, -0.2) is 4.79 Å². The Hall–Kier alpha value is -1.97. The van der Waals surface area contributed by atoms with E-state index in [2.05, 4.69) is 27.7 Å². The van der Waals surface area contributed by atoms with Gasteiger partial charge in [0.2, 0.25) is 0 Å². The fourth-order valence-corrected chi connectivity index (χ4v) is 3.18. The van der Waals surface area contributed by atoms with Crippen LogP contribution in [0.15, 0.2) is 35.8 Å². The Morgan fingerprint density at radius 2 is 1.77 bits per heavy atom. The highest BCUT2D eigenvalue weighted by Gasteiger charge is 2.42. The Balaban J connectivity index is 1.76. The fourth-order valence-electron chi connectivity index (χ4n) is 3.18. The van der Waals surface area contributed by atoms with E-state index in [4.69, 9.17) is 14.2 Å². The third-order valence-electron chi connectivity index (χ3n) is 3.81. The molecule has 118 valence electrons. The normalized spacial score (nSPS) is 21.5. The average molecular weight is 302 g/mol. The van der Waals surface area contributed by atoms with Gasteiger partial charge in [0.05, 0.1) is 0 Å². The maximum atomic E-state index is 12.0. The molecule has 1 aromatic rings. The lowest BCUT2D eigenvalue weighted by Gasteiger charge is -2.26. The Kier molecular flexibility index (Phi) is 3.63.